The van der Waals surface area contributed by atoms with Crippen LogP contribution in [0.5, 0.6) is 0 Å². The molecule has 2 aliphatic rings. The maximum absolute atomic E-state index is 8.54. The number of hydrogen-bond acceptors (Lipinski definition) is 0. The van der Waals surface area contributed by atoms with Gasteiger partial charge in [-0.25, -0.2) is 0 Å². The highest BCUT2D eigenvalue weighted by Gasteiger charge is 2.51. The average Bonchev–Trinajstić information content (AvgIpc) is 4.00. The van der Waals surface area contributed by atoms with Crippen molar-refractivity contribution in [2.45, 2.75) is 5.41 Å². The number of aromatic nitrogens is 3. The summed E-state index contributed by atoms with van der Waals surface area (Å²) in [6.07, 6.45) is 0. The lowest BCUT2D eigenvalue weighted by Gasteiger charge is -2.40. The summed E-state index contributed by atoms with van der Waals surface area (Å²) in [6.45, 7) is 0. The molecule has 0 fully saturated rings. The van der Waals surface area contributed by atoms with Gasteiger partial charge >= 0.3 is 0 Å². The number of benzene rings is 9. The zero-order valence-corrected chi connectivity index (χ0v) is 31.2. The van der Waals surface area contributed by atoms with Crippen molar-refractivity contribution in [2.75, 3.05) is 0 Å². The van der Waals surface area contributed by atoms with Crippen molar-refractivity contribution >= 4 is 65.4 Å². The standard InChI is InChI=1S/C55H33N3/c1-7-22-48-38(14-1)39-15-2-8-23-49(39)56(48)34-28-30-36-37-31-29-35(57-50-24-9-3-16-40(50)41-17-4-10-25-51(41)57)33-47(37)55(46(36)32-34)44-20-6-12-27-53(44)58-52-26-11-5-18-42(52)43-19-13-21-45(55)54(43)58/h1-33H/i1D,3D. The smallest absolute Gasteiger partial charge is 0.0756 e. The first-order valence-electron chi connectivity index (χ1n) is 21.0. The van der Waals surface area contributed by atoms with Crippen molar-refractivity contribution in [2.24, 2.45) is 0 Å². The molecule has 0 atom stereocenters. The fourth-order valence-corrected chi connectivity index (χ4v) is 11.1. The van der Waals surface area contributed by atoms with Gasteiger partial charge in [-0.2, -0.15) is 0 Å². The highest BCUT2D eigenvalue weighted by molar-refractivity contribution is 6.14. The Morgan fingerprint density at radius 3 is 1.34 bits per heavy atom. The maximum atomic E-state index is 8.54. The molecule has 1 aliphatic carbocycles. The number of para-hydroxylation sites is 7. The molecule has 1 spiro atoms. The predicted molar refractivity (Wildman–Crippen MR) is 240 cm³/mol. The molecular formula is C55H33N3. The van der Waals surface area contributed by atoms with Crippen LogP contribution in [0.2, 0.25) is 0 Å². The van der Waals surface area contributed by atoms with Gasteiger partial charge in [0, 0.05) is 43.7 Å². The van der Waals surface area contributed by atoms with E-state index in [1.165, 1.54) is 60.9 Å². The van der Waals surface area contributed by atoms with Crippen LogP contribution in [0, 0.1) is 0 Å². The molecule has 0 saturated heterocycles. The normalized spacial score (nSPS) is 14.1. The molecule has 14 rings (SSSR count). The first-order chi connectivity index (χ1) is 29.6. The van der Waals surface area contributed by atoms with Gasteiger partial charge in [0.15, 0.2) is 0 Å². The van der Waals surface area contributed by atoms with E-state index in [2.05, 4.69) is 177 Å². The summed E-state index contributed by atoms with van der Waals surface area (Å²) in [6, 6.07) is 69.2. The fourth-order valence-electron chi connectivity index (χ4n) is 11.1. The third-order valence-electron chi connectivity index (χ3n) is 13.3. The van der Waals surface area contributed by atoms with E-state index < -0.39 is 5.41 Å². The molecule has 0 saturated carbocycles. The van der Waals surface area contributed by atoms with Crippen LogP contribution in [-0.4, -0.2) is 13.7 Å². The van der Waals surface area contributed by atoms with E-state index in [9.17, 15) is 0 Å². The van der Waals surface area contributed by atoms with Gasteiger partial charge < -0.3 is 13.7 Å². The molecule has 0 bridgehead atoms. The number of fused-ring (bicyclic) bond motifs is 18. The van der Waals surface area contributed by atoms with E-state index in [1.54, 1.807) is 0 Å². The zero-order valence-electron chi connectivity index (χ0n) is 33.2. The maximum Gasteiger partial charge on any atom is 0.0756 e. The fraction of sp³-hybridized carbons (Fsp3) is 0.0182. The molecule has 12 aromatic rings. The summed E-state index contributed by atoms with van der Waals surface area (Å²) in [4.78, 5) is 0. The Hall–Kier alpha value is -7.62. The Balaban J connectivity index is 1.14. The quantitative estimate of drug-likeness (QED) is 0.168. The number of hydrogen-bond donors (Lipinski definition) is 0. The SMILES string of the molecule is [2H]c1ccc2c(c1)c1ccccc1n2-c1ccc2c(c1)C1(c3cc(-n4c5ccccc5c5cc([2H])ccc54)ccc3-2)c2ccccc2-n2c3ccccc3c3cccc1c32. The summed E-state index contributed by atoms with van der Waals surface area (Å²) >= 11 is 0. The first-order valence-corrected chi connectivity index (χ1v) is 20.0. The summed E-state index contributed by atoms with van der Waals surface area (Å²) in [5, 5.41) is 6.96. The summed E-state index contributed by atoms with van der Waals surface area (Å²) in [5.41, 5.74) is 17.1. The predicted octanol–water partition coefficient (Wildman–Crippen LogP) is 13.7. The van der Waals surface area contributed by atoms with Crippen LogP contribution in [-0.2, 0) is 5.41 Å². The second-order valence-corrected chi connectivity index (χ2v) is 15.9. The average molecular weight is 738 g/mol. The van der Waals surface area contributed by atoms with E-state index >= 15 is 0 Å². The van der Waals surface area contributed by atoms with Gasteiger partial charge in [-0.05, 0) is 94.0 Å². The molecule has 3 nitrogen and oxygen atoms in total. The van der Waals surface area contributed by atoms with E-state index in [0.29, 0.717) is 12.1 Å². The van der Waals surface area contributed by atoms with Crippen LogP contribution in [0.25, 0.3) is 93.6 Å². The molecule has 9 aromatic carbocycles. The second kappa shape index (κ2) is 10.8. The lowest BCUT2D eigenvalue weighted by Crippen LogP contribution is -2.33. The Kier molecular flexibility index (Phi) is 5.36. The molecule has 0 N–H and O–H groups in total. The second-order valence-electron chi connectivity index (χ2n) is 15.9. The van der Waals surface area contributed by atoms with Crippen LogP contribution < -0.4 is 0 Å². The Morgan fingerprint density at radius 2 is 0.759 bits per heavy atom. The molecule has 58 heavy (non-hydrogen) atoms. The van der Waals surface area contributed by atoms with Crippen LogP contribution in [0.3, 0.4) is 0 Å². The van der Waals surface area contributed by atoms with E-state index in [4.69, 9.17) is 2.74 Å². The van der Waals surface area contributed by atoms with Gasteiger partial charge in [0.25, 0.3) is 0 Å². The Bertz CT molecular complexity index is 3710. The molecule has 0 amide bonds. The van der Waals surface area contributed by atoms with Crippen LogP contribution in [0.15, 0.2) is 200 Å². The van der Waals surface area contributed by atoms with Crippen molar-refractivity contribution in [1.29, 1.82) is 0 Å². The van der Waals surface area contributed by atoms with Gasteiger partial charge in [0.2, 0.25) is 0 Å². The van der Waals surface area contributed by atoms with Crippen molar-refractivity contribution < 1.29 is 2.74 Å². The van der Waals surface area contributed by atoms with Gasteiger partial charge in [-0.3, -0.25) is 0 Å². The minimum atomic E-state index is -0.669. The van der Waals surface area contributed by atoms with Crippen molar-refractivity contribution in [1.82, 2.24) is 13.7 Å². The molecule has 1 aliphatic heterocycles. The van der Waals surface area contributed by atoms with Crippen molar-refractivity contribution in [3.05, 3.63) is 222 Å². The zero-order chi connectivity index (χ0) is 39.4. The van der Waals surface area contributed by atoms with E-state index in [1.807, 2.05) is 24.3 Å². The minimum absolute atomic E-state index is 0.509. The number of rotatable bonds is 2. The van der Waals surface area contributed by atoms with Gasteiger partial charge in [0.1, 0.15) is 0 Å². The summed E-state index contributed by atoms with van der Waals surface area (Å²) < 4.78 is 24.4. The van der Waals surface area contributed by atoms with Gasteiger partial charge in [-0.15, -0.1) is 0 Å². The molecule has 3 heteroatoms. The molecule has 4 heterocycles. The largest absolute Gasteiger partial charge is 0.309 e. The molecule has 268 valence electrons. The van der Waals surface area contributed by atoms with Crippen molar-refractivity contribution in [3.63, 3.8) is 0 Å². The monoisotopic (exact) mass is 737 g/mol. The molecule has 0 radical (unpaired) electrons. The Labute approximate surface area is 336 Å². The lowest BCUT2D eigenvalue weighted by atomic mass is 9.65. The lowest BCUT2D eigenvalue weighted by molar-refractivity contribution is 0.747. The molecule has 0 unspecified atom stereocenters. The third-order valence-corrected chi connectivity index (χ3v) is 13.3. The van der Waals surface area contributed by atoms with E-state index in [0.717, 1.165) is 55.0 Å². The van der Waals surface area contributed by atoms with Gasteiger partial charge in [-0.1, -0.05) is 139 Å². The molecular weight excluding hydrogens is 703 g/mol. The van der Waals surface area contributed by atoms with Gasteiger partial charge in [0.05, 0.1) is 46.9 Å². The van der Waals surface area contributed by atoms with Crippen LogP contribution in [0.1, 0.15) is 25.0 Å². The molecule has 3 aromatic heterocycles. The topological polar surface area (TPSA) is 14.8 Å². The minimum Gasteiger partial charge on any atom is -0.309 e. The number of nitrogens with zero attached hydrogens (tertiary/aromatic N) is 3. The Morgan fingerprint density at radius 1 is 0.328 bits per heavy atom. The highest BCUT2D eigenvalue weighted by atomic mass is 15.0. The first kappa shape index (κ1) is 28.7. The summed E-state index contributed by atoms with van der Waals surface area (Å²) in [7, 11) is 0. The van der Waals surface area contributed by atoms with Crippen molar-refractivity contribution in [3.8, 4) is 28.2 Å². The van der Waals surface area contributed by atoms with Crippen LogP contribution in [0.4, 0.5) is 0 Å². The van der Waals surface area contributed by atoms with Crippen LogP contribution >= 0.6 is 0 Å². The van der Waals surface area contributed by atoms with E-state index in [-0.39, 0.29) is 0 Å². The third kappa shape index (κ3) is 3.57. The summed E-state index contributed by atoms with van der Waals surface area (Å²) in [5.74, 6) is 0. The highest BCUT2D eigenvalue weighted by Crippen LogP contribution is 2.61.